The molecule has 5 atom stereocenters. The summed E-state index contributed by atoms with van der Waals surface area (Å²) in [5, 5.41) is 12.4. The highest BCUT2D eigenvalue weighted by molar-refractivity contribution is 5.78. The average molecular weight is 268 g/mol. The number of benzene rings is 1. The third kappa shape index (κ3) is 1.28. The number of hydrogen-bond donors (Lipinski definition) is 1. The van der Waals surface area contributed by atoms with Crippen LogP contribution in [0, 0.1) is 23.7 Å². The molecule has 1 aromatic carbocycles. The normalized spacial score (nSPS) is 42.5. The van der Waals surface area contributed by atoms with E-state index in [1.807, 2.05) is 18.2 Å². The summed E-state index contributed by atoms with van der Waals surface area (Å²) in [6, 6.07) is 10.2. The van der Waals surface area contributed by atoms with Gasteiger partial charge in [0.1, 0.15) is 16.9 Å². The maximum absolute atomic E-state index is 11.3. The number of aliphatic hydroxyl groups is 1. The second-order valence-electron chi connectivity index (χ2n) is 7.14. The molecule has 3 saturated carbocycles. The van der Waals surface area contributed by atoms with E-state index in [4.69, 9.17) is 4.42 Å². The van der Waals surface area contributed by atoms with E-state index in [-0.39, 0.29) is 0 Å². The highest BCUT2D eigenvalue weighted by atomic mass is 16.4. The number of fused-ring (bicyclic) bond motifs is 6. The van der Waals surface area contributed by atoms with Gasteiger partial charge in [-0.25, -0.2) is 0 Å². The van der Waals surface area contributed by atoms with Crippen molar-refractivity contribution in [3.8, 4) is 0 Å². The van der Waals surface area contributed by atoms with Gasteiger partial charge in [-0.15, -0.1) is 0 Å². The lowest BCUT2D eigenvalue weighted by atomic mass is 9.72. The molecule has 0 radical (unpaired) electrons. The first kappa shape index (κ1) is 11.4. The van der Waals surface area contributed by atoms with E-state index < -0.39 is 5.60 Å². The summed E-state index contributed by atoms with van der Waals surface area (Å²) < 4.78 is 6.01. The molecule has 3 fully saturated rings. The molecular weight excluding hydrogens is 248 g/mol. The Hall–Kier alpha value is -1.28. The van der Waals surface area contributed by atoms with E-state index in [0.29, 0.717) is 5.92 Å². The Balaban J connectivity index is 1.60. The Labute approximate surface area is 118 Å². The van der Waals surface area contributed by atoms with Crippen molar-refractivity contribution in [2.45, 2.75) is 37.7 Å². The molecule has 1 aromatic heterocycles. The molecule has 5 unspecified atom stereocenters. The Morgan fingerprint density at radius 1 is 1.15 bits per heavy atom. The van der Waals surface area contributed by atoms with Gasteiger partial charge in [-0.2, -0.15) is 0 Å². The second-order valence-corrected chi connectivity index (χ2v) is 7.14. The summed E-state index contributed by atoms with van der Waals surface area (Å²) >= 11 is 0. The maximum atomic E-state index is 11.3. The van der Waals surface area contributed by atoms with Crippen LogP contribution in [-0.4, -0.2) is 5.11 Å². The molecule has 1 heterocycles. The summed E-state index contributed by atoms with van der Waals surface area (Å²) in [5.41, 5.74) is 0.205. The third-order valence-electron chi connectivity index (χ3n) is 6.34. The Morgan fingerprint density at radius 2 is 2.00 bits per heavy atom. The first-order valence-corrected chi connectivity index (χ1v) is 7.97. The van der Waals surface area contributed by atoms with Crippen LogP contribution in [0.5, 0.6) is 0 Å². The van der Waals surface area contributed by atoms with Crippen LogP contribution in [0.15, 0.2) is 34.7 Å². The van der Waals surface area contributed by atoms with Crippen molar-refractivity contribution in [3.63, 3.8) is 0 Å². The van der Waals surface area contributed by atoms with Gasteiger partial charge < -0.3 is 9.52 Å². The van der Waals surface area contributed by atoms with Crippen molar-refractivity contribution in [2.24, 2.45) is 23.7 Å². The van der Waals surface area contributed by atoms with Crippen LogP contribution < -0.4 is 0 Å². The maximum Gasteiger partial charge on any atom is 0.137 e. The molecule has 0 spiro atoms. The third-order valence-corrected chi connectivity index (χ3v) is 6.34. The molecule has 3 aliphatic carbocycles. The van der Waals surface area contributed by atoms with Crippen molar-refractivity contribution in [2.75, 3.05) is 0 Å². The van der Waals surface area contributed by atoms with Gasteiger partial charge in [-0.05, 0) is 61.5 Å². The largest absolute Gasteiger partial charge is 0.458 e. The van der Waals surface area contributed by atoms with Crippen LogP contribution in [0.25, 0.3) is 11.0 Å². The predicted molar refractivity (Wildman–Crippen MR) is 77.2 cm³/mol. The summed E-state index contributed by atoms with van der Waals surface area (Å²) in [4.78, 5) is 0. The van der Waals surface area contributed by atoms with Gasteiger partial charge in [0.05, 0.1) is 0 Å². The molecule has 0 aliphatic heterocycles. The van der Waals surface area contributed by atoms with Crippen molar-refractivity contribution < 1.29 is 9.52 Å². The molecule has 104 valence electrons. The highest BCUT2D eigenvalue weighted by Crippen LogP contribution is 2.65. The van der Waals surface area contributed by atoms with Gasteiger partial charge in [0.25, 0.3) is 0 Å². The number of para-hydroxylation sites is 1. The van der Waals surface area contributed by atoms with E-state index in [2.05, 4.69) is 12.1 Å². The van der Waals surface area contributed by atoms with Crippen molar-refractivity contribution in [1.82, 2.24) is 0 Å². The fourth-order valence-corrected chi connectivity index (χ4v) is 5.59. The SMILES string of the molecule is OC1(c2cc3ccccc3o2)CC2CC1C1CCCC21. The molecule has 2 bridgehead atoms. The minimum atomic E-state index is -0.699. The van der Waals surface area contributed by atoms with E-state index in [0.717, 1.165) is 40.9 Å². The average Bonchev–Trinajstić information content (AvgIpc) is 3.18. The van der Waals surface area contributed by atoms with E-state index in [9.17, 15) is 5.11 Å². The van der Waals surface area contributed by atoms with Crippen molar-refractivity contribution in [3.05, 3.63) is 36.1 Å². The van der Waals surface area contributed by atoms with Gasteiger partial charge in [-0.1, -0.05) is 24.6 Å². The zero-order chi connectivity index (χ0) is 13.3. The minimum Gasteiger partial charge on any atom is -0.458 e. The Kier molecular flexibility index (Phi) is 2.09. The summed E-state index contributed by atoms with van der Waals surface area (Å²) in [6.45, 7) is 0. The summed E-state index contributed by atoms with van der Waals surface area (Å²) in [6.07, 6.45) is 6.19. The molecule has 5 rings (SSSR count). The van der Waals surface area contributed by atoms with E-state index in [1.165, 1.54) is 25.7 Å². The minimum absolute atomic E-state index is 0.431. The molecule has 0 saturated heterocycles. The van der Waals surface area contributed by atoms with Crippen LogP contribution >= 0.6 is 0 Å². The molecule has 3 aliphatic rings. The Bertz CT molecular complexity index is 640. The molecule has 2 aromatic rings. The summed E-state index contributed by atoms with van der Waals surface area (Å²) in [5.74, 6) is 3.61. The number of hydrogen-bond acceptors (Lipinski definition) is 2. The van der Waals surface area contributed by atoms with Crippen LogP contribution in [-0.2, 0) is 5.60 Å². The van der Waals surface area contributed by atoms with Crippen molar-refractivity contribution >= 4 is 11.0 Å². The van der Waals surface area contributed by atoms with Crippen LogP contribution in [0.4, 0.5) is 0 Å². The Morgan fingerprint density at radius 3 is 2.90 bits per heavy atom. The monoisotopic (exact) mass is 268 g/mol. The fourth-order valence-electron chi connectivity index (χ4n) is 5.59. The number of furan rings is 1. The first-order valence-electron chi connectivity index (χ1n) is 7.97. The fraction of sp³-hybridized carbons (Fsp3) is 0.556. The lowest BCUT2D eigenvalue weighted by Crippen LogP contribution is -2.38. The quantitative estimate of drug-likeness (QED) is 0.845. The number of rotatable bonds is 1. The molecule has 20 heavy (non-hydrogen) atoms. The zero-order valence-electron chi connectivity index (χ0n) is 11.6. The van der Waals surface area contributed by atoms with Gasteiger partial charge in [-0.3, -0.25) is 0 Å². The molecule has 2 nitrogen and oxygen atoms in total. The van der Waals surface area contributed by atoms with Gasteiger partial charge in [0.2, 0.25) is 0 Å². The van der Waals surface area contributed by atoms with Gasteiger partial charge >= 0.3 is 0 Å². The van der Waals surface area contributed by atoms with Crippen LogP contribution in [0.2, 0.25) is 0 Å². The molecule has 1 N–H and O–H groups in total. The molecular formula is C18H20O2. The van der Waals surface area contributed by atoms with Gasteiger partial charge in [0.15, 0.2) is 0 Å². The van der Waals surface area contributed by atoms with Gasteiger partial charge in [0, 0.05) is 5.39 Å². The second kappa shape index (κ2) is 3.67. The standard InChI is InChI=1S/C18H20O2/c19-18(17-9-11-4-1-2-7-16(11)20-17)10-12-8-15(18)14-6-3-5-13(12)14/h1-2,4,7,9,12-15,19H,3,5-6,8,10H2. The van der Waals surface area contributed by atoms with E-state index in [1.54, 1.807) is 0 Å². The van der Waals surface area contributed by atoms with Crippen LogP contribution in [0.3, 0.4) is 0 Å². The molecule has 2 heteroatoms. The van der Waals surface area contributed by atoms with Crippen molar-refractivity contribution in [1.29, 1.82) is 0 Å². The van der Waals surface area contributed by atoms with E-state index >= 15 is 0 Å². The highest BCUT2D eigenvalue weighted by Gasteiger charge is 2.62. The topological polar surface area (TPSA) is 33.4 Å². The lowest BCUT2D eigenvalue weighted by Gasteiger charge is -2.37. The lowest BCUT2D eigenvalue weighted by molar-refractivity contribution is -0.0659. The predicted octanol–water partition coefficient (Wildman–Crippen LogP) is 4.08. The summed E-state index contributed by atoms with van der Waals surface area (Å²) in [7, 11) is 0. The zero-order valence-corrected chi connectivity index (χ0v) is 11.6. The molecule has 0 amide bonds. The first-order chi connectivity index (χ1) is 9.75. The smallest absolute Gasteiger partial charge is 0.137 e. The van der Waals surface area contributed by atoms with Crippen LogP contribution in [0.1, 0.15) is 37.9 Å².